The second-order valence-electron chi connectivity index (χ2n) is 4.07. The molecule has 2 aromatic rings. The van der Waals surface area contributed by atoms with Gasteiger partial charge in [0.15, 0.2) is 5.13 Å². The molecule has 1 N–H and O–H groups in total. The predicted octanol–water partition coefficient (Wildman–Crippen LogP) is 3.35. The van der Waals surface area contributed by atoms with Crippen LogP contribution in [-0.2, 0) is 0 Å². The van der Waals surface area contributed by atoms with Crippen molar-refractivity contribution in [1.29, 1.82) is 0 Å². The lowest BCUT2D eigenvalue weighted by molar-refractivity contribution is 0.0697. The van der Waals surface area contributed by atoms with Crippen molar-refractivity contribution in [2.75, 3.05) is 18.0 Å². The Kier molecular flexibility index (Phi) is 4.16. The van der Waals surface area contributed by atoms with Crippen molar-refractivity contribution in [3.05, 3.63) is 35.2 Å². The van der Waals surface area contributed by atoms with E-state index < -0.39 is 5.97 Å². The highest BCUT2D eigenvalue weighted by Gasteiger charge is 2.10. The molecule has 0 aliphatic heterocycles. The summed E-state index contributed by atoms with van der Waals surface area (Å²) in [5, 5.41) is 11.9. The van der Waals surface area contributed by atoms with Crippen LogP contribution in [0.15, 0.2) is 29.6 Å². The Bertz CT molecular complexity index is 576. The Balaban J connectivity index is 2.32. The van der Waals surface area contributed by atoms with E-state index in [-0.39, 0.29) is 5.56 Å². The largest absolute Gasteiger partial charge is 0.478 e. The summed E-state index contributed by atoms with van der Waals surface area (Å²) in [6, 6.07) is 6.87. The first-order valence-corrected chi connectivity index (χ1v) is 7.07. The van der Waals surface area contributed by atoms with E-state index in [1.165, 1.54) is 0 Å². The fourth-order valence-corrected chi connectivity index (χ4v) is 2.81. The van der Waals surface area contributed by atoms with E-state index in [1.807, 2.05) is 11.4 Å². The highest BCUT2D eigenvalue weighted by atomic mass is 32.1. The molecule has 0 aliphatic rings. The van der Waals surface area contributed by atoms with Crippen LogP contribution in [0.25, 0.3) is 11.3 Å². The molecular weight excluding hydrogens is 260 g/mol. The van der Waals surface area contributed by atoms with Gasteiger partial charge < -0.3 is 10.0 Å². The predicted molar refractivity (Wildman–Crippen MR) is 78.1 cm³/mol. The van der Waals surface area contributed by atoms with E-state index in [0.29, 0.717) is 0 Å². The zero-order valence-corrected chi connectivity index (χ0v) is 11.8. The molecule has 0 saturated carbocycles. The number of thiazole rings is 1. The molecule has 5 heteroatoms. The first kappa shape index (κ1) is 13.5. The lowest BCUT2D eigenvalue weighted by Gasteiger charge is -2.16. The number of aromatic nitrogens is 1. The Morgan fingerprint density at radius 1 is 1.37 bits per heavy atom. The third-order valence-corrected chi connectivity index (χ3v) is 3.83. The van der Waals surface area contributed by atoms with Gasteiger partial charge in [-0.1, -0.05) is 12.1 Å². The van der Waals surface area contributed by atoms with Gasteiger partial charge >= 0.3 is 5.97 Å². The standard InChI is InChI=1S/C14H16N2O2S/c1-3-16(4-2)14-15-12(9-19-14)10-6-5-7-11(8-10)13(17)18/h5-9H,3-4H2,1-2H3,(H,17,18). The second-order valence-corrected chi connectivity index (χ2v) is 4.91. The van der Waals surface area contributed by atoms with Crippen LogP contribution in [0, 0.1) is 0 Å². The van der Waals surface area contributed by atoms with E-state index in [1.54, 1.807) is 29.5 Å². The number of benzene rings is 1. The Hall–Kier alpha value is -1.88. The molecule has 0 atom stereocenters. The number of nitrogens with zero attached hydrogens (tertiary/aromatic N) is 2. The van der Waals surface area contributed by atoms with Gasteiger partial charge in [-0.05, 0) is 26.0 Å². The maximum atomic E-state index is 11.0. The maximum Gasteiger partial charge on any atom is 0.335 e. The van der Waals surface area contributed by atoms with Crippen LogP contribution in [0.5, 0.6) is 0 Å². The minimum atomic E-state index is -0.916. The Labute approximate surface area is 116 Å². The van der Waals surface area contributed by atoms with Gasteiger partial charge in [0.05, 0.1) is 11.3 Å². The Morgan fingerprint density at radius 3 is 2.74 bits per heavy atom. The fourth-order valence-electron chi connectivity index (χ4n) is 1.85. The number of anilines is 1. The first-order chi connectivity index (χ1) is 9.15. The van der Waals surface area contributed by atoms with Crippen molar-refractivity contribution in [3.8, 4) is 11.3 Å². The SMILES string of the molecule is CCN(CC)c1nc(-c2cccc(C(=O)O)c2)cs1. The average Bonchev–Trinajstić information content (AvgIpc) is 2.90. The van der Waals surface area contributed by atoms with Gasteiger partial charge in [0, 0.05) is 24.0 Å². The molecular formula is C14H16N2O2S. The lowest BCUT2D eigenvalue weighted by Crippen LogP contribution is -2.21. The van der Waals surface area contributed by atoms with Crippen LogP contribution in [0.3, 0.4) is 0 Å². The summed E-state index contributed by atoms with van der Waals surface area (Å²) < 4.78 is 0. The van der Waals surface area contributed by atoms with E-state index in [9.17, 15) is 4.79 Å². The molecule has 0 fully saturated rings. The number of rotatable bonds is 5. The zero-order chi connectivity index (χ0) is 13.8. The molecule has 0 saturated heterocycles. The summed E-state index contributed by atoms with van der Waals surface area (Å²) in [4.78, 5) is 17.7. The van der Waals surface area contributed by atoms with Gasteiger partial charge in [-0.15, -0.1) is 11.3 Å². The van der Waals surface area contributed by atoms with Gasteiger partial charge in [-0.2, -0.15) is 0 Å². The number of hydrogen-bond acceptors (Lipinski definition) is 4. The Morgan fingerprint density at radius 2 is 2.11 bits per heavy atom. The van der Waals surface area contributed by atoms with E-state index >= 15 is 0 Å². The van der Waals surface area contributed by atoms with Gasteiger partial charge in [-0.3, -0.25) is 0 Å². The monoisotopic (exact) mass is 276 g/mol. The quantitative estimate of drug-likeness (QED) is 0.910. The van der Waals surface area contributed by atoms with Crippen LogP contribution in [-0.4, -0.2) is 29.1 Å². The molecule has 0 spiro atoms. The molecule has 1 heterocycles. The smallest absolute Gasteiger partial charge is 0.335 e. The summed E-state index contributed by atoms with van der Waals surface area (Å²) in [5.74, 6) is -0.916. The van der Waals surface area contributed by atoms with Crippen molar-refractivity contribution in [2.45, 2.75) is 13.8 Å². The minimum absolute atomic E-state index is 0.287. The van der Waals surface area contributed by atoms with Crippen molar-refractivity contribution in [3.63, 3.8) is 0 Å². The second kappa shape index (κ2) is 5.84. The third kappa shape index (κ3) is 2.93. The van der Waals surface area contributed by atoms with Crippen molar-refractivity contribution < 1.29 is 9.90 Å². The molecule has 1 aromatic carbocycles. The topological polar surface area (TPSA) is 53.4 Å². The summed E-state index contributed by atoms with van der Waals surface area (Å²) in [6.45, 7) is 6.02. The summed E-state index contributed by atoms with van der Waals surface area (Å²) in [7, 11) is 0. The fraction of sp³-hybridized carbons (Fsp3) is 0.286. The van der Waals surface area contributed by atoms with Crippen LogP contribution in [0.2, 0.25) is 0 Å². The minimum Gasteiger partial charge on any atom is -0.478 e. The third-order valence-electron chi connectivity index (χ3n) is 2.93. The highest BCUT2D eigenvalue weighted by molar-refractivity contribution is 7.14. The van der Waals surface area contributed by atoms with Crippen LogP contribution < -0.4 is 4.90 Å². The van der Waals surface area contributed by atoms with E-state index in [0.717, 1.165) is 29.5 Å². The van der Waals surface area contributed by atoms with Crippen molar-refractivity contribution >= 4 is 22.4 Å². The van der Waals surface area contributed by atoms with Crippen molar-refractivity contribution in [2.24, 2.45) is 0 Å². The number of carboxylic acid groups (broad SMARTS) is 1. The summed E-state index contributed by atoms with van der Waals surface area (Å²) in [6.07, 6.45) is 0. The number of carbonyl (C=O) groups is 1. The average molecular weight is 276 g/mol. The molecule has 4 nitrogen and oxygen atoms in total. The lowest BCUT2D eigenvalue weighted by atomic mass is 10.1. The van der Waals surface area contributed by atoms with Gasteiger partial charge in [0.1, 0.15) is 0 Å². The van der Waals surface area contributed by atoms with E-state index in [4.69, 9.17) is 5.11 Å². The van der Waals surface area contributed by atoms with Crippen LogP contribution >= 0.6 is 11.3 Å². The maximum absolute atomic E-state index is 11.0. The molecule has 0 radical (unpaired) electrons. The molecule has 0 bridgehead atoms. The highest BCUT2D eigenvalue weighted by Crippen LogP contribution is 2.27. The van der Waals surface area contributed by atoms with Gasteiger partial charge in [0.25, 0.3) is 0 Å². The van der Waals surface area contributed by atoms with Crippen LogP contribution in [0.4, 0.5) is 5.13 Å². The first-order valence-electron chi connectivity index (χ1n) is 6.20. The number of hydrogen-bond donors (Lipinski definition) is 1. The molecule has 19 heavy (non-hydrogen) atoms. The molecule has 100 valence electrons. The van der Waals surface area contributed by atoms with Gasteiger partial charge in [0.2, 0.25) is 0 Å². The summed E-state index contributed by atoms with van der Waals surface area (Å²) in [5.41, 5.74) is 1.96. The molecule has 0 aliphatic carbocycles. The molecule has 0 amide bonds. The van der Waals surface area contributed by atoms with Gasteiger partial charge in [-0.25, -0.2) is 9.78 Å². The zero-order valence-electron chi connectivity index (χ0n) is 11.0. The number of aromatic carboxylic acids is 1. The van der Waals surface area contributed by atoms with Crippen LogP contribution in [0.1, 0.15) is 24.2 Å². The molecule has 0 unspecified atom stereocenters. The summed E-state index contributed by atoms with van der Waals surface area (Å²) >= 11 is 1.58. The van der Waals surface area contributed by atoms with E-state index in [2.05, 4.69) is 23.7 Å². The molecule has 2 rings (SSSR count). The molecule has 1 aromatic heterocycles. The number of carboxylic acids is 1. The normalized spacial score (nSPS) is 10.4. The van der Waals surface area contributed by atoms with Crippen molar-refractivity contribution in [1.82, 2.24) is 4.98 Å².